The Morgan fingerprint density at radius 3 is 2.65 bits per heavy atom. The SMILES string of the molecule is COC(=O)c1cc(CNC(=O)N2CCC(c3nc4ccccc4o3)CC2)ccc1OC. The number of carbonyl (C=O) groups excluding carboxylic acids is 2. The number of hydrogen-bond donors (Lipinski definition) is 1. The number of fused-ring (bicyclic) bond motifs is 1. The largest absolute Gasteiger partial charge is 0.496 e. The van der Waals surface area contributed by atoms with Gasteiger partial charge in [-0.15, -0.1) is 0 Å². The van der Waals surface area contributed by atoms with Gasteiger partial charge in [0.2, 0.25) is 0 Å². The van der Waals surface area contributed by atoms with E-state index in [0.717, 1.165) is 35.4 Å². The molecule has 1 saturated heterocycles. The smallest absolute Gasteiger partial charge is 0.341 e. The fourth-order valence-corrected chi connectivity index (χ4v) is 3.82. The van der Waals surface area contributed by atoms with Gasteiger partial charge in [0, 0.05) is 25.6 Å². The zero-order chi connectivity index (χ0) is 21.8. The van der Waals surface area contributed by atoms with E-state index in [9.17, 15) is 9.59 Å². The van der Waals surface area contributed by atoms with Gasteiger partial charge < -0.3 is 24.1 Å². The number of methoxy groups -OCH3 is 2. The van der Waals surface area contributed by atoms with Crippen LogP contribution in [-0.2, 0) is 11.3 Å². The molecule has 162 valence electrons. The Morgan fingerprint density at radius 1 is 1.16 bits per heavy atom. The molecule has 0 atom stereocenters. The van der Waals surface area contributed by atoms with Gasteiger partial charge in [0.25, 0.3) is 0 Å². The van der Waals surface area contributed by atoms with E-state index in [1.165, 1.54) is 14.2 Å². The number of para-hydroxylation sites is 2. The highest BCUT2D eigenvalue weighted by atomic mass is 16.5. The number of amides is 2. The van der Waals surface area contributed by atoms with Crippen LogP contribution in [0.5, 0.6) is 5.75 Å². The maximum Gasteiger partial charge on any atom is 0.341 e. The molecule has 0 unspecified atom stereocenters. The van der Waals surface area contributed by atoms with Crippen LogP contribution in [0.2, 0.25) is 0 Å². The van der Waals surface area contributed by atoms with Crippen LogP contribution in [0.1, 0.15) is 40.6 Å². The van der Waals surface area contributed by atoms with Crippen molar-refractivity contribution in [1.82, 2.24) is 15.2 Å². The number of aromatic nitrogens is 1. The fraction of sp³-hybridized carbons (Fsp3) is 0.348. The number of piperidine rings is 1. The molecule has 0 radical (unpaired) electrons. The van der Waals surface area contributed by atoms with Crippen LogP contribution >= 0.6 is 0 Å². The molecule has 1 N–H and O–H groups in total. The molecule has 1 fully saturated rings. The van der Waals surface area contributed by atoms with Crippen molar-refractivity contribution in [3.05, 3.63) is 59.5 Å². The highest BCUT2D eigenvalue weighted by Crippen LogP contribution is 2.30. The molecular formula is C23H25N3O5. The molecular weight excluding hydrogens is 398 g/mol. The number of hydrogen-bond acceptors (Lipinski definition) is 6. The molecule has 0 bridgehead atoms. The lowest BCUT2D eigenvalue weighted by Crippen LogP contribution is -2.43. The van der Waals surface area contributed by atoms with Crippen molar-refractivity contribution < 1.29 is 23.5 Å². The van der Waals surface area contributed by atoms with Crippen LogP contribution in [0.25, 0.3) is 11.1 Å². The number of benzene rings is 2. The first kappa shape index (κ1) is 20.7. The molecule has 31 heavy (non-hydrogen) atoms. The van der Waals surface area contributed by atoms with E-state index in [0.29, 0.717) is 30.9 Å². The van der Waals surface area contributed by atoms with Gasteiger partial charge in [0.15, 0.2) is 11.5 Å². The van der Waals surface area contributed by atoms with Crippen LogP contribution in [0, 0.1) is 0 Å². The summed E-state index contributed by atoms with van der Waals surface area (Å²) >= 11 is 0. The van der Waals surface area contributed by atoms with Crippen LogP contribution < -0.4 is 10.1 Å². The van der Waals surface area contributed by atoms with E-state index >= 15 is 0 Å². The molecule has 2 amide bonds. The Morgan fingerprint density at radius 2 is 1.94 bits per heavy atom. The number of nitrogens with zero attached hydrogens (tertiary/aromatic N) is 2. The number of nitrogens with one attached hydrogen (secondary N) is 1. The minimum Gasteiger partial charge on any atom is -0.496 e. The topological polar surface area (TPSA) is 93.9 Å². The minimum atomic E-state index is -0.480. The second-order valence-electron chi connectivity index (χ2n) is 7.47. The molecule has 4 rings (SSSR count). The molecule has 3 aromatic rings. The van der Waals surface area contributed by atoms with E-state index in [4.69, 9.17) is 13.9 Å². The maximum atomic E-state index is 12.6. The Hall–Kier alpha value is -3.55. The summed E-state index contributed by atoms with van der Waals surface area (Å²) in [6, 6.07) is 12.8. The van der Waals surface area contributed by atoms with Crippen LogP contribution in [0.3, 0.4) is 0 Å². The summed E-state index contributed by atoms with van der Waals surface area (Å²) in [4.78, 5) is 30.9. The van der Waals surface area contributed by atoms with E-state index < -0.39 is 5.97 Å². The number of carbonyl (C=O) groups is 2. The third-order valence-corrected chi connectivity index (χ3v) is 5.55. The minimum absolute atomic E-state index is 0.133. The summed E-state index contributed by atoms with van der Waals surface area (Å²) in [5.74, 6) is 0.907. The van der Waals surface area contributed by atoms with Gasteiger partial charge in [-0.3, -0.25) is 0 Å². The van der Waals surface area contributed by atoms with Crippen molar-refractivity contribution in [1.29, 1.82) is 0 Å². The average molecular weight is 423 g/mol. The van der Waals surface area contributed by atoms with Gasteiger partial charge in [0.1, 0.15) is 16.8 Å². The van der Waals surface area contributed by atoms with Crippen LogP contribution in [0.15, 0.2) is 46.9 Å². The van der Waals surface area contributed by atoms with Crippen molar-refractivity contribution >= 4 is 23.1 Å². The quantitative estimate of drug-likeness (QED) is 0.629. The van der Waals surface area contributed by atoms with Gasteiger partial charge in [-0.25, -0.2) is 14.6 Å². The lowest BCUT2D eigenvalue weighted by molar-refractivity contribution is 0.0597. The van der Waals surface area contributed by atoms with Crippen molar-refractivity contribution in [3.8, 4) is 5.75 Å². The molecule has 1 aliphatic heterocycles. The Balaban J connectivity index is 1.32. The second-order valence-corrected chi connectivity index (χ2v) is 7.47. The normalized spacial score (nSPS) is 14.5. The van der Waals surface area contributed by atoms with Gasteiger partial charge in [-0.05, 0) is 42.7 Å². The predicted octanol–water partition coefficient (Wildman–Crippen LogP) is 3.71. The molecule has 0 spiro atoms. The fourth-order valence-electron chi connectivity index (χ4n) is 3.82. The Labute approximate surface area is 180 Å². The first-order valence-electron chi connectivity index (χ1n) is 10.2. The standard InChI is InChI=1S/C23H25N3O5/c1-29-19-8-7-15(13-17(19)22(27)30-2)14-24-23(28)26-11-9-16(10-12-26)21-25-18-5-3-4-6-20(18)31-21/h3-8,13,16H,9-12,14H2,1-2H3,(H,24,28). The molecule has 8 heteroatoms. The summed E-state index contributed by atoms with van der Waals surface area (Å²) in [5, 5.41) is 2.92. The van der Waals surface area contributed by atoms with Crippen molar-refractivity contribution in [2.45, 2.75) is 25.3 Å². The molecule has 2 heterocycles. The lowest BCUT2D eigenvalue weighted by atomic mass is 9.97. The predicted molar refractivity (Wildman–Crippen MR) is 114 cm³/mol. The lowest BCUT2D eigenvalue weighted by Gasteiger charge is -2.30. The van der Waals surface area contributed by atoms with E-state index in [1.807, 2.05) is 30.3 Å². The van der Waals surface area contributed by atoms with Crippen molar-refractivity contribution in [2.75, 3.05) is 27.3 Å². The summed E-state index contributed by atoms with van der Waals surface area (Å²) < 4.78 is 15.9. The monoisotopic (exact) mass is 423 g/mol. The molecule has 0 aliphatic carbocycles. The van der Waals surface area contributed by atoms with Gasteiger partial charge in [-0.2, -0.15) is 0 Å². The zero-order valence-corrected chi connectivity index (χ0v) is 17.6. The number of rotatable bonds is 5. The van der Waals surface area contributed by atoms with Gasteiger partial charge in [0.05, 0.1) is 14.2 Å². The zero-order valence-electron chi connectivity index (χ0n) is 17.6. The highest BCUT2D eigenvalue weighted by Gasteiger charge is 2.27. The molecule has 1 aliphatic rings. The summed E-state index contributed by atoms with van der Waals surface area (Å²) in [5.41, 5.74) is 2.78. The second kappa shape index (κ2) is 9.07. The first-order chi connectivity index (χ1) is 15.1. The van der Waals surface area contributed by atoms with E-state index in [1.54, 1.807) is 17.0 Å². The van der Waals surface area contributed by atoms with Gasteiger partial charge >= 0.3 is 12.0 Å². The van der Waals surface area contributed by atoms with Gasteiger partial charge in [-0.1, -0.05) is 18.2 Å². The van der Waals surface area contributed by atoms with E-state index in [2.05, 4.69) is 10.3 Å². The molecule has 8 nitrogen and oxygen atoms in total. The average Bonchev–Trinajstić information content (AvgIpc) is 3.26. The summed E-state index contributed by atoms with van der Waals surface area (Å²) in [7, 11) is 2.81. The maximum absolute atomic E-state index is 12.6. The number of urea groups is 1. The van der Waals surface area contributed by atoms with E-state index in [-0.39, 0.29) is 11.9 Å². The third-order valence-electron chi connectivity index (χ3n) is 5.55. The number of esters is 1. The molecule has 2 aromatic carbocycles. The molecule has 1 aromatic heterocycles. The Kier molecular flexibility index (Phi) is 6.06. The third kappa shape index (κ3) is 4.47. The van der Waals surface area contributed by atoms with Crippen LogP contribution in [-0.4, -0.2) is 49.2 Å². The summed E-state index contributed by atoms with van der Waals surface area (Å²) in [6.07, 6.45) is 1.60. The van der Waals surface area contributed by atoms with Crippen LogP contribution in [0.4, 0.5) is 4.79 Å². The molecule has 0 saturated carbocycles. The highest BCUT2D eigenvalue weighted by molar-refractivity contribution is 5.92. The Bertz CT molecular complexity index is 1050. The number of oxazole rings is 1. The van der Waals surface area contributed by atoms with Crippen molar-refractivity contribution in [2.24, 2.45) is 0 Å². The number of likely N-dealkylation sites (tertiary alicyclic amines) is 1. The first-order valence-corrected chi connectivity index (χ1v) is 10.2. The summed E-state index contributed by atoms with van der Waals surface area (Å²) in [6.45, 7) is 1.56. The van der Waals surface area contributed by atoms with Crippen molar-refractivity contribution in [3.63, 3.8) is 0 Å². The number of ether oxygens (including phenoxy) is 2.